The Morgan fingerprint density at radius 2 is 1.64 bits per heavy atom. The molecule has 4 heteroatoms. The Labute approximate surface area is 94.0 Å². The zero-order valence-corrected chi connectivity index (χ0v) is 9.64. The molecule has 14 heavy (non-hydrogen) atoms. The van der Waals surface area contributed by atoms with Crippen LogP contribution in [-0.4, -0.2) is 12.1 Å². The second-order valence-corrected chi connectivity index (χ2v) is 4.16. The van der Waals surface area contributed by atoms with Crippen LogP contribution < -0.4 is 10.5 Å². The summed E-state index contributed by atoms with van der Waals surface area (Å²) in [6.45, 7) is 3.79. The Balaban J connectivity index is 2.76. The van der Waals surface area contributed by atoms with Crippen LogP contribution in [0.4, 0.5) is 0 Å². The van der Waals surface area contributed by atoms with Crippen molar-refractivity contribution in [2.75, 3.05) is 0 Å². The first-order valence-electron chi connectivity index (χ1n) is 4.37. The molecular weight excluding hydrogens is 221 g/mol. The monoisotopic (exact) mass is 233 g/mol. The van der Waals surface area contributed by atoms with E-state index in [1.54, 1.807) is 18.2 Å². The van der Waals surface area contributed by atoms with Crippen LogP contribution in [0.25, 0.3) is 0 Å². The van der Waals surface area contributed by atoms with Crippen LogP contribution in [0.5, 0.6) is 5.75 Å². The fourth-order valence-electron chi connectivity index (χ4n) is 0.919. The molecule has 0 radical (unpaired) electrons. The number of nitrogens with two attached hydrogens (primary N) is 1. The van der Waals surface area contributed by atoms with Gasteiger partial charge in [-0.3, -0.25) is 0 Å². The van der Waals surface area contributed by atoms with Crippen LogP contribution in [0.1, 0.15) is 13.8 Å². The normalized spacial score (nSPS) is 14.9. The zero-order valence-electron chi connectivity index (χ0n) is 8.13. The Bertz CT molecular complexity index is 295. The number of halogens is 2. The van der Waals surface area contributed by atoms with E-state index < -0.39 is 0 Å². The van der Waals surface area contributed by atoms with Crippen molar-refractivity contribution in [2.24, 2.45) is 5.73 Å². The average molecular weight is 234 g/mol. The highest BCUT2D eigenvalue weighted by Crippen LogP contribution is 2.25. The number of rotatable bonds is 3. The number of hydrogen-bond acceptors (Lipinski definition) is 2. The maximum Gasteiger partial charge on any atom is 0.122 e. The third kappa shape index (κ3) is 3.37. The molecule has 1 rings (SSSR count). The van der Waals surface area contributed by atoms with Gasteiger partial charge in [0.05, 0.1) is 0 Å². The summed E-state index contributed by atoms with van der Waals surface area (Å²) in [6, 6.07) is 5.05. The first kappa shape index (κ1) is 11.6. The highest BCUT2D eigenvalue weighted by atomic mass is 35.5. The van der Waals surface area contributed by atoms with E-state index in [0.29, 0.717) is 15.8 Å². The molecule has 0 aliphatic carbocycles. The van der Waals surface area contributed by atoms with Crippen LogP contribution >= 0.6 is 23.2 Å². The Morgan fingerprint density at radius 1 is 1.14 bits per heavy atom. The molecule has 0 saturated carbocycles. The molecule has 78 valence electrons. The van der Waals surface area contributed by atoms with Crippen molar-refractivity contribution >= 4 is 23.2 Å². The minimum atomic E-state index is -0.0652. The van der Waals surface area contributed by atoms with E-state index in [9.17, 15) is 0 Å². The summed E-state index contributed by atoms with van der Waals surface area (Å²) < 4.78 is 5.54. The van der Waals surface area contributed by atoms with Crippen LogP contribution in [0, 0.1) is 0 Å². The summed E-state index contributed by atoms with van der Waals surface area (Å²) in [5.41, 5.74) is 5.67. The minimum Gasteiger partial charge on any atom is -0.489 e. The van der Waals surface area contributed by atoms with Gasteiger partial charge in [-0.1, -0.05) is 23.2 Å². The summed E-state index contributed by atoms with van der Waals surface area (Å²) in [5.74, 6) is 0.646. The Morgan fingerprint density at radius 3 is 2.07 bits per heavy atom. The van der Waals surface area contributed by atoms with Gasteiger partial charge in [-0.2, -0.15) is 0 Å². The van der Waals surface area contributed by atoms with Crippen molar-refractivity contribution in [3.05, 3.63) is 28.2 Å². The summed E-state index contributed by atoms with van der Waals surface area (Å²) in [4.78, 5) is 0. The molecule has 2 atom stereocenters. The highest BCUT2D eigenvalue weighted by molar-refractivity contribution is 6.34. The third-order valence-corrected chi connectivity index (χ3v) is 2.33. The lowest BCUT2D eigenvalue weighted by molar-refractivity contribution is 0.197. The predicted octanol–water partition coefficient (Wildman–Crippen LogP) is 3.11. The van der Waals surface area contributed by atoms with E-state index >= 15 is 0 Å². The van der Waals surface area contributed by atoms with Crippen molar-refractivity contribution in [3.63, 3.8) is 0 Å². The highest BCUT2D eigenvalue weighted by Gasteiger charge is 2.09. The van der Waals surface area contributed by atoms with Gasteiger partial charge in [0, 0.05) is 16.1 Å². The average Bonchev–Trinajstić information content (AvgIpc) is 2.01. The molecule has 0 bridgehead atoms. The van der Waals surface area contributed by atoms with Gasteiger partial charge >= 0.3 is 0 Å². The molecule has 2 nitrogen and oxygen atoms in total. The molecular formula is C10H13Cl2NO. The standard InChI is InChI=1S/C10H13Cl2NO/c1-6(13)7(2)14-10-4-8(11)3-9(12)5-10/h3-7H,13H2,1-2H3/t6-,7?/m0/s1. The lowest BCUT2D eigenvalue weighted by Crippen LogP contribution is -2.33. The first-order chi connectivity index (χ1) is 6.49. The quantitative estimate of drug-likeness (QED) is 0.871. The van der Waals surface area contributed by atoms with Crippen LogP contribution in [-0.2, 0) is 0 Å². The number of ether oxygens (including phenoxy) is 1. The van der Waals surface area contributed by atoms with Crippen molar-refractivity contribution in [2.45, 2.75) is 26.0 Å². The Kier molecular flexibility index (Phi) is 4.05. The van der Waals surface area contributed by atoms with Gasteiger partial charge < -0.3 is 10.5 Å². The van der Waals surface area contributed by atoms with Crippen molar-refractivity contribution in [3.8, 4) is 5.75 Å². The summed E-state index contributed by atoms with van der Waals surface area (Å²) in [5, 5.41) is 1.12. The summed E-state index contributed by atoms with van der Waals surface area (Å²) >= 11 is 11.6. The smallest absolute Gasteiger partial charge is 0.122 e. The molecule has 1 aromatic carbocycles. The van der Waals surface area contributed by atoms with Crippen molar-refractivity contribution in [1.82, 2.24) is 0 Å². The van der Waals surface area contributed by atoms with E-state index in [2.05, 4.69) is 0 Å². The number of hydrogen-bond donors (Lipinski definition) is 1. The van der Waals surface area contributed by atoms with E-state index in [1.807, 2.05) is 13.8 Å². The first-order valence-corrected chi connectivity index (χ1v) is 5.13. The molecule has 2 N–H and O–H groups in total. The molecule has 0 fully saturated rings. The van der Waals surface area contributed by atoms with Gasteiger partial charge in [0.15, 0.2) is 0 Å². The van der Waals surface area contributed by atoms with E-state index in [0.717, 1.165) is 0 Å². The summed E-state index contributed by atoms with van der Waals surface area (Å²) in [6.07, 6.45) is -0.0652. The van der Waals surface area contributed by atoms with Gasteiger partial charge in [0.2, 0.25) is 0 Å². The largest absolute Gasteiger partial charge is 0.489 e. The molecule has 1 aromatic rings. The van der Waals surface area contributed by atoms with E-state index in [4.69, 9.17) is 33.7 Å². The van der Waals surface area contributed by atoms with Crippen LogP contribution in [0.15, 0.2) is 18.2 Å². The maximum atomic E-state index is 5.82. The van der Waals surface area contributed by atoms with Crippen molar-refractivity contribution in [1.29, 1.82) is 0 Å². The van der Waals surface area contributed by atoms with Gasteiger partial charge in [-0.15, -0.1) is 0 Å². The fraction of sp³-hybridized carbons (Fsp3) is 0.400. The maximum absolute atomic E-state index is 5.82. The van der Waals surface area contributed by atoms with Gasteiger partial charge in [0.1, 0.15) is 11.9 Å². The SMILES string of the molecule is CC(Oc1cc(Cl)cc(Cl)c1)[C@H](C)N. The lowest BCUT2D eigenvalue weighted by atomic mass is 10.2. The van der Waals surface area contributed by atoms with Gasteiger partial charge in [-0.25, -0.2) is 0 Å². The van der Waals surface area contributed by atoms with Gasteiger partial charge in [0.25, 0.3) is 0 Å². The van der Waals surface area contributed by atoms with E-state index in [-0.39, 0.29) is 12.1 Å². The molecule has 0 aromatic heterocycles. The summed E-state index contributed by atoms with van der Waals surface area (Å²) in [7, 11) is 0. The van der Waals surface area contributed by atoms with Crippen LogP contribution in [0.2, 0.25) is 10.0 Å². The Hall–Kier alpha value is -0.440. The van der Waals surface area contributed by atoms with Crippen LogP contribution in [0.3, 0.4) is 0 Å². The molecule has 0 saturated heterocycles. The molecule has 0 amide bonds. The topological polar surface area (TPSA) is 35.2 Å². The van der Waals surface area contributed by atoms with E-state index in [1.165, 1.54) is 0 Å². The predicted molar refractivity (Wildman–Crippen MR) is 60.2 cm³/mol. The molecule has 0 spiro atoms. The molecule has 0 aliphatic rings. The minimum absolute atomic E-state index is 0.0345. The fourth-order valence-corrected chi connectivity index (χ4v) is 1.42. The lowest BCUT2D eigenvalue weighted by Gasteiger charge is -2.18. The zero-order chi connectivity index (χ0) is 10.7. The second-order valence-electron chi connectivity index (χ2n) is 3.29. The molecule has 0 aliphatic heterocycles. The van der Waals surface area contributed by atoms with Gasteiger partial charge in [-0.05, 0) is 32.0 Å². The second kappa shape index (κ2) is 4.87. The molecule has 1 unspecified atom stereocenters. The number of benzene rings is 1. The van der Waals surface area contributed by atoms with Crippen molar-refractivity contribution < 1.29 is 4.74 Å². The molecule has 0 heterocycles. The third-order valence-electron chi connectivity index (χ3n) is 1.90.